The Bertz CT molecular complexity index is 1080. The Kier molecular flexibility index (Phi) is 7.53. The number of nitro benzene ring substituents is 1. The van der Waals surface area contributed by atoms with E-state index in [-0.39, 0.29) is 24.1 Å². The third kappa shape index (κ3) is 5.91. The molecule has 8 heteroatoms. The first-order valence-electron chi connectivity index (χ1n) is 10.0. The van der Waals surface area contributed by atoms with Gasteiger partial charge in [-0.25, -0.2) is 0 Å². The molecule has 0 spiro atoms. The SMILES string of the molecule is CN(C(=O)COc1ccc([N+](=O)[O-])cc1)c1ccccc1C(=O)NCCc1ccccc1. The number of carbonyl (C=O) groups is 2. The van der Waals surface area contributed by atoms with E-state index in [9.17, 15) is 19.7 Å². The Balaban J connectivity index is 1.59. The number of benzene rings is 3. The quantitative estimate of drug-likeness (QED) is 0.410. The van der Waals surface area contributed by atoms with Crippen molar-refractivity contribution >= 4 is 23.2 Å². The molecule has 0 radical (unpaired) electrons. The average molecular weight is 433 g/mol. The molecule has 164 valence electrons. The number of likely N-dealkylation sites (N-methyl/N-ethyl adjacent to an activating group) is 1. The summed E-state index contributed by atoms with van der Waals surface area (Å²) in [6, 6.07) is 22.1. The van der Waals surface area contributed by atoms with E-state index >= 15 is 0 Å². The van der Waals surface area contributed by atoms with E-state index in [0.717, 1.165) is 5.56 Å². The molecule has 3 rings (SSSR count). The molecule has 8 nitrogen and oxygen atoms in total. The third-order valence-corrected chi connectivity index (χ3v) is 4.84. The number of amides is 2. The lowest BCUT2D eigenvalue weighted by Crippen LogP contribution is -2.34. The van der Waals surface area contributed by atoms with Gasteiger partial charge in [-0.2, -0.15) is 0 Å². The molecule has 32 heavy (non-hydrogen) atoms. The van der Waals surface area contributed by atoms with Crippen molar-refractivity contribution in [1.29, 1.82) is 0 Å². The number of hydrogen-bond acceptors (Lipinski definition) is 5. The minimum atomic E-state index is -0.509. The van der Waals surface area contributed by atoms with E-state index < -0.39 is 4.92 Å². The minimum Gasteiger partial charge on any atom is -0.484 e. The number of carbonyl (C=O) groups excluding carboxylic acids is 2. The van der Waals surface area contributed by atoms with Gasteiger partial charge < -0.3 is 15.0 Å². The second kappa shape index (κ2) is 10.7. The van der Waals surface area contributed by atoms with Gasteiger partial charge in [0.25, 0.3) is 17.5 Å². The fraction of sp³-hybridized carbons (Fsp3) is 0.167. The highest BCUT2D eigenvalue weighted by molar-refractivity contribution is 6.04. The van der Waals surface area contributed by atoms with Crippen molar-refractivity contribution in [2.75, 3.05) is 25.1 Å². The Labute approximate surface area is 185 Å². The number of ether oxygens (including phenoxy) is 1. The predicted octanol–water partition coefficient (Wildman–Crippen LogP) is 3.61. The highest BCUT2D eigenvalue weighted by Gasteiger charge is 2.19. The van der Waals surface area contributed by atoms with Gasteiger partial charge in [0.2, 0.25) is 0 Å². The van der Waals surface area contributed by atoms with Gasteiger partial charge >= 0.3 is 0 Å². The van der Waals surface area contributed by atoms with Crippen molar-refractivity contribution in [3.63, 3.8) is 0 Å². The first kappa shape index (κ1) is 22.5. The van der Waals surface area contributed by atoms with Gasteiger partial charge in [-0.05, 0) is 36.2 Å². The highest BCUT2D eigenvalue weighted by Crippen LogP contribution is 2.21. The van der Waals surface area contributed by atoms with Crippen LogP contribution in [0.1, 0.15) is 15.9 Å². The summed E-state index contributed by atoms with van der Waals surface area (Å²) in [6.45, 7) is 0.191. The lowest BCUT2D eigenvalue weighted by atomic mass is 10.1. The number of nitrogens with one attached hydrogen (secondary N) is 1. The van der Waals surface area contributed by atoms with Crippen molar-refractivity contribution in [3.8, 4) is 5.75 Å². The first-order chi connectivity index (χ1) is 15.5. The monoisotopic (exact) mass is 433 g/mol. The minimum absolute atomic E-state index is 0.0620. The molecule has 0 unspecified atom stereocenters. The number of nitrogens with zero attached hydrogens (tertiary/aromatic N) is 2. The van der Waals surface area contributed by atoms with Gasteiger partial charge in [0.1, 0.15) is 5.75 Å². The second-order valence-electron chi connectivity index (χ2n) is 7.00. The first-order valence-corrected chi connectivity index (χ1v) is 10.0. The molecule has 0 aromatic heterocycles. The molecule has 0 saturated carbocycles. The number of rotatable bonds is 9. The third-order valence-electron chi connectivity index (χ3n) is 4.84. The topological polar surface area (TPSA) is 102 Å². The molecular formula is C24H23N3O5. The van der Waals surface area contributed by atoms with Gasteiger partial charge in [-0.1, -0.05) is 42.5 Å². The van der Waals surface area contributed by atoms with Crippen LogP contribution >= 0.6 is 0 Å². The number of hydrogen-bond donors (Lipinski definition) is 1. The fourth-order valence-corrected chi connectivity index (χ4v) is 3.06. The van der Waals surface area contributed by atoms with Crippen LogP contribution < -0.4 is 15.0 Å². The maximum atomic E-state index is 12.7. The Morgan fingerprint density at radius 2 is 1.62 bits per heavy atom. The van der Waals surface area contributed by atoms with Crippen LogP contribution in [0.4, 0.5) is 11.4 Å². The number of para-hydroxylation sites is 1. The van der Waals surface area contributed by atoms with Gasteiger partial charge in [0.15, 0.2) is 6.61 Å². The van der Waals surface area contributed by atoms with E-state index in [4.69, 9.17) is 4.74 Å². The highest BCUT2D eigenvalue weighted by atomic mass is 16.6. The van der Waals surface area contributed by atoms with Crippen molar-refractivity contribution in [2.24, 2.45) is 0 Å². The van der Waals surface area contributed by atoms with Crippen LogP contribution in [0.2, 0.25) is 0 Å². The predicted molar refractivity (Wildman–Crippen MR) is 121 cm³/mol. The summed E-state index contributed by atoms with van der Waals surface area (Å²) in [6.07, 6.45) is 0.701. The summed E-state index contributed by atoms with van der Waals surface area (Å²) in [5.74, 6) is -0.301. The number of nitro groups is 1. The van der Waals surface area contributed by atoms with Crippen LogP contribution in [0.3, 0.4) is 0 Å². The lowest BCUT2D eigenvalue weighted by Gasteiger charge is -2.20. The van der Waals surface area contributed by atoms with Gasteiger partial charge in [0, 0.05) is 25.7 Å². The van der Waals surface area contributed by atoms with Crippen LogP contribution in [0.15, 0.2) is 78.9 Å². The average Bonchev–Trinajstić information content (AvgIpc) is 2.83. The maximum Gasteiger partial charge on any atom is 0.269 e. The van der Waals surface area contributed by atoms with Crippen LogP contribution in [0.5, 0.6) is 5.75 Å². The van der Waals surface area contributed by atoms with Gasteiger partial charge in [-0.15, -0.1) is 0 Å². The molecule has 0 aliphatic heterocycles. The molecule has 1 N–H and O–H groups in total. The van der Waals surface area contributed by atoms with Crippen molar-refractivity contribution in [3.05, 3.63) is 100 Å². The van der Waals surface area contributed by atoms with Crippen LogP contribution in [-0.2, 0) is 11.2 Å². The molecule has 3 aromatic rings. The Morgan fingerprint density at radius 3 is 2.31 bits per heavy atom. The zero-order chi connectivity index (χ0) is 22.9. The van der Waals surface area contributed by atoms with Crippen LogP contribution in [0, 0.1) is 10.1 Å². The standard InChI is InChI=1S/C24H23N3O5/c1-26(23(28)17-32-20-13-11-19(12-14-20)27(30)31)22-10-6-5-9-21(22)24(29)25-16-15-18-7-3-2-4-8-18/h2-14H,15-17H2,1H3,(H,25,29). The van der Waals surface area contributed by atoms with Crippen molar-refractivity contribution in [1.82, 2.24) is 5.32 Å². The normalized spacial score (nSPS) is 10.3. The van der Waals surface area contributed by atoms with E-state index in [2.05, 4.69) is 5.32 Å². The summed E-state index contributed by atoms with van der Waals surface area (Å²) in [5, 5.41) is 13.6. The summed E-state index contributed by atoms with van der Waals surface area (Å²) in [5.41, 5.74) is 1.90. The van der Waals surface area contributed by atoms with Gasteiger partial charge in [-0.3, -0.25) is 19.7 Å². The fourth-order valence-electron chi connectivity index (χ4n) is 3.06. The van der Waals surface area contributed by atoms with E-state index in [1.54, 1.807) is 31.3 Å². The van der Waals surface area contributed by atoms with E-state index in [1.807, 2.05) is 30.3 Å². The van der Waals surface area contributed by atoms with Crippen molar-refractivity contribution < 1.29 is 19.2 Å². The van der Waals surface area contributed by atoms with E-state index in [1.165, 1.54) is 29.2 Å². The largest absolute Gasteiger partial charge is 0.484 e. The molecule has 0 bridgehead atoms. The van der Waals surface area contributed by atoms with Crippen molar-refractivity contribution in [2.45, 2.75) is 6.42 Å². The zero-order valence-corrected chi connectivity index (χ0v) is 17.6. The molecule has 0 fully saturated rings. The molecule has 2 amide bonds. The summed E-state index contributed by atoms with van der Waals surface area (Å²) < 4.78 is 5.45. The number of anilines is 1. The lowest BCUT2D eigenvalue weighted by molar-refractivity contribution is -0.384. The molecule has 3 aromatic carbocycles. The number of non-ortho nitro benzene ring substituents is 1. The van der Waals surface area contributed by atoms with Crippen LogP contribution in [-0.4, -0.2) is 36.9 Å². The Hall–Kier alpha value is -4.20. The maximum absolute atomic E-state index is 12.7. The molecule has 0 saturated heterocycles. The molecule has 0 aliphatic rings. The molecule has 0 aliphatic carbocycles. The smallest absolute Gasteiger partial charge is 0.269 e. The van der Waals surface area contributed by atoms with Gasteiger partial charge in [0.05, 0.1) is 16.2 Å². The molecule has 0 heterocycles. The summed E-state index contributed by atoms with van der Waals surface area (Å²) in [4.78, 5) is 36.9. The Morgan fingerprint density at radius 1 is 0.969 bits per heavy atom. The zero-order valence-electron chi connectivity index (χ0n) is 17.6. The molecule has 0 atom stereocenters. The summed E-state index contributed by atoms with van der Waals surface area (Å²) >= 11 is 0. The molecular weight excluding hydrogens is 410 g/mol. The summed E-state index contributed by atoms with van der Waals surface area (Å²) in [7, 11) is 1.57. The second-order valence-corrected chi connectivity index (χ2v) is 7.00. The van der Waals surface area contributed by atoms with E-state index in [0.29, 0.717) is 30.0 Å². The van der Waals surface area contributed by atoms with Crippen LogP contribution in [0.25, 0.3) is 0 Å².